The van der Waals surface area contributed by atoms with Crippen LogP contribution < -0.4 is 0 Å². The molecule has 0 saturated carbocycles. The Morgan fingerprint density at radius 1 is 1.71 bits per heavy atom. The number of rotatable bonds is 6. The molecule has 0 radical (unpaired) electrons. The van der Waals surface area contributed by atoms with Crippen molar-refractivity contribution < 1.29 is 9.13 Å². The Morgan fingerprint density at radius 3 is 3.14 bits per heavy atom. The summed E-state index contributed by atoms with van der Waals surface area (Å²) < 4.78 is 18.5. The first kappa shape index (κ1) is 11.4. The molecule has 14 heavy (non-hydrogen) atoms. The van der Waals surface area contributed by atoms with E-state index in [1.807, 2.05) is 0 Å². The summed E-state index contributed by atoms with van der Waals surface area (Å²) in [4.78, 5) is 0. The number of hydrogen-bond acceptors (Lipinski definition) is 3. The first-order valence-corrected chi connectivity index (χ1v) is 4.80. The molecular formula is C8H13ClFN3O. The summed E-state index contributed by atoms with van der Waals surface area (Å²) in [5.74, 6) is 0. The summed E-state index contributed by atoms with van der Waals surface area (Å²) >= 11 is 6.01. The van der Waals surface area contributed by atoms with Crippen molar-refractivity contribution in [2.75, 3.05) is 20.4 Å². The minimum absolute atomic E-state index is 0.283. The first-order chi connectivity index (χ1) is 6.79. The van der Waals surface area contributed by atoms with Crippen LogP contribution in [0.4, 0.5) is 4.39 Å². The molecule has 80 valence electrons. The number of ether oxygens (including phenoxy) is 1. The maximum Gasteiger partial charge on any atom is 0.100 e. The highest BCUT2D eigenvalue weighted by atomic mass is 35.5. The van der Waals surface area contributed by atoms with Gasteiger partial charge in [0.15, 0.2) is 0 Å². The molecule has 0 aliphatic carbocycles. The Labute approximate surface area is 87.0 Å². The van der Waals surface area contributed by atoms with E-state index in [4.69, 9.17) is 16.3 Å². The van der Waals surface area contributed by atoms with Crippen molar-refractivity contribution >= 4 is 11.6 Å². The normalized spacial score (nSPS) is 13.1. The van der Waals surface area contributed by atoms with Crippen molar-refractivity contribution in [3.8, 4) is 0 Å². The maximum atomic E-state index is 11.9. The molecular weight excluding hydrogens is 209 g/mol. The predicted octanol–water partition coefficient (Wildman–Crippen LogP) is 1.56. The number of alkyl halides is 2. The van der Waals surface area contributed by atoms with Crippen LogP contribution >= 0.6 is 11.6 Å². The summed E-state index contributed by atoms with van der Waals surface area (Å²) in [6.07, 6.45) is 2.00. The zero-order valence-corrected chi connectivity index (χ0v) is 8.74. The molecule has 0 aromatic carbocycles. The van der Waals surface area contributed by atoms with Crippen LogP contribution in [0, 0.1) is 0 Å². The molecule has 6 heteroatoms. The summed E-state index contributed by atoms with van der Waals surface area (Å²) in [6.45, 7) is 0.528. The summed E-state index contributed by atoms with van der Waals surface area (Å²) in [7, 11) is 1.57. The lowest BCUT2D eigenvalue weighted by Crippen LogP contribution is -2.10. The van der Waals surface area contributed by atoms with Crippen LogP contribution in [0.5, 0.6) is 0 Å². The molecule has 4 nitrogen and oxygen atoms in total. The third-order valence-electron chi connectivity index (χ3n) is 1.79. The molecule has 0 fully saturated rings. The van der Waals surface area contributed by atoms with E-state index in [1.54, 1.807) is 18.0 Å². The van der Waals surface area contributed by atoms with Crippen LogP contribution in [-0.2, 0) is 11.3 Å². The van der Waals surface area contributed by atoms with E-state index in [-0.39, 0.29) is 12.1 Å². The predicted molar refractivity (Wildman–Crippen MR) is 51.1 cm³/mol. The van der Waals surface area contributed by atoms with Crippen molar-refractivity contribution in [1.29, 1.82) is 0 Å². The lowest BCUT2D eigenvalue weighted by atomic mass is 10.3. The Balaban J connectivity index is 2.61. The lowest BCUT2D eigenvalue weighted by molar-refractivity contribution is 0.196. The number of nitrogens with zero attached hydrogens (tertiary/aromatic N) is 3. The van der Waals surface area contributed by atoms with Gasteiger partial charge in [-0.3, -0.25) is 4.39 Å². The molecule has 0 saturated heterocycles. The van der Waals surface area contributed by atoms with E-state index < -0.39 is 0 Å². The van der Waals surface area contributed by atoms with Gasteiger partial charge in [0.2, 0.25) is 0 Å². The minimum Gasteiger partial charge on any atom is -0.383 e. The van der Waals surface area contributed by atoms with Gasteiger partial charge in [0.05, 0.1) is 25.2 Å². The van der Waals surface area contributed by atoms with Crippen molar-refractivity contribution in [2.24, 2.45) is 0 Å². The third kappa shape index (κ3) is 2.92. The highest BCUT2D eigenvalue weighted by molar-refractivity contribution is 6.20. The van der Waals surface area contributed by atoms with Crippen molar-refractivity contribution in [1.82, 2.24) is 15.0 Å². The van der Waals surface area contributed by atoms with E-state index in [2.05, 4.69) is 10.3 Å². The number of aromatic nitrogens is 3. The molecule has 1 heterocycles. The average molecular weight is 222 g/mol. The quantitative estimate of drug-likeness (QED) is 0.685. The Hall–Kier alpha value is -0.680. The van der Waals surface area contributed by atoms with E-state index in [9.17, 15) is 4.39 Å². The fourth-order valence-electron chi connectivity index (χ4n) is 1.12. The van der Waals surface area contributed by atoms with Gasteiger partial charge in [0.25, 0.3) is 0 Å². The van der Waals surface area contributed by atoms with Crippen LogP contribution in [0.1, 0.15) is 17.5 Å². The van der Waals surface area contributed by atoms with Crippen molar-refractivity contribution in [3.05, 3.63) is 11.9 Å². The van der Waals surface area contributed by atoms with E-state index in [0.29, 0.717) is 19.6 Å². The molecule has 1 aromatic heterocycles. The van der Waals surface area contributed by atoms with E-state index in [0.717, 1.165) is 5.69 Å². The zero-order valence-electron chi connectivity index (χ0n) is 7.99. The maximum absolute atomic E-state index is 11.9. The van der Waals surface area contributed by atoms with Gasteiger partial charge < -0.3 is 4.74 Å². The molecule has 0 N–H and O–H groups in total. The second-order valence-corrected chi connectivity index (χ2v) is 3.37. The molecule has 0 amide bonds. The molecule has 1 atom stereocenters. The number of hydrogen-bond donors (Lipinski definition) is 0. The molecule has 1 unspecified atom stereocenters. The summed E-state index contributed by atoms with van der Waals surface area (Å²) in [6, 6.07) is 0. The third-order valence-corrected chi connectivity index (χ3v) is 2.13. The van der Waals surface area contributed by atoms with E-state index >= 15 is 0 Å². The topological polar surface area (TPSA) is 39.9 Å². The second-order valence-electron chi connectivity index (χ2n) is 2.85. The van der Waals surface area contributed by atoms with Crippen LogP contribution in [0.15, 0.2) is 6.20 Å². The van der Waals surface area contributed by atoms with Crippen molar-refractivity contribution in [3.63, 3.8) is 0 Å². The van der Waals surface area contributed by atoms with Gasteiger partial charge in [-0.05, 0) is 6.42 Å². The molecule has 0 spiro atoms. The average Bonchev–Trinajstić information content (AvgIpc) is 2.63. The van der Waals surface area contributed by atoms with Gasteiger partial charge in [-0.25, -0.2) is 4.68 Å². The number of methoxy groups -OCH3 is 1. The molecule has 0 aliphatic heterocycles. The minimum atomic E-state index is -0.365. The molecule has 0 bridgehead atoms. The fraction of sp³-hybridized carbons (Fsp3) is 0.750. The number of aryl methyl sites for hydroxylation is 1. The SMILES string of the molecule is COCC(Cl)c1cnnn1CCCF. The van der Waals surface area contributed by atoms with Crippen LogP contribution in [0.2, 0.25) is 0 Å². The largest absolute Gasteiger partial charge is 0.383 e. The van der Waals surface area contributed by atoms with Crippen LogP contribution in [0.3, 0.4) is 0 Å². The highest BCUT2D eigenvalue weighted by Gasteiger charge is 2.13. The van der Waals surface area contributed by atoms with Crippen LogP contribution in [-0.4, -0.2) is 35.4 Å². The van der Waals surface area contributed by atoms with Crippen molar-refractivity contribution in [2.45, 2.75) is 18.3 Å². The van der Waals surface area contributed by atoms with Gasteiger partial charge in [-0.15, -0.1) is 16.7 Å². The van der Waals surface area contributed by atoms with Gasteiger partial charge in [-0.1, -0.05) is 5.21 Å². The smallest absolute Gasteiger partial charge is 0.100 e. The van der Waals surface area contributed by atoms with Gasteiger partial charge in [0.1, 0.15) is 5.38 Å². The monoisotopic (exact) mass is 221 g/mol. The summed E-state index contributed by atoms with van der Waals surface area (Å²) in [5.41, 5.74) is 0.766. The first-order valence-electron chi connectivity index (χ1n) is 4.37. The van der Waals surface area contributed by atoms with Gasteiger partial charge in [-0.2, -0.15) is 0 Å². The number of halogens is 2. The highest BCUT2D eigenvalue weighted by Crippen LogP contribution is 2.19. The molecule has 0 aliphatic rings. The standard InChI is InChI=1S/C8H13ClFN3O/c1-14-6-7(9)8-5-11-12-13(8)4-2-3-10/h5,7H,2-4,6H2,1H3. The Bertz CT molecular complexity index is 269. The van der Waals surface area contributed by atoms with E-state index in [1.165, 1.54) is 0 Å². The van der Waals surface area contributed by atoms with Gasteiger partial charge in [0, 0.05) is 13.7 Å². The molecule has 1 aromatic rings. The lowest BCUT2D eigenvalue weighted by Gasteiger charge is -2.09. The zero-order chi connectivity index (χ0) is 10.4. The Kier molecular flexibility index (Phi) is 4.82. The fourth-order valence-corrected chi connectivity index (χ4v) is 1.42. The van der Waals surface area contributed by atoms with Crippen LogP contribution in [0.25, 0.3) is 0 Å². The summed E-state index contributed by atoms with van der Waals surface area (Å²) in [5, 5.41) is 7.26. The second kappa shape index (κ2) is 5.93. The molecule has 1 rings (SSSR count). The van der Waals surface area contributed by atoms with Gasteiger partial charge >= 0.3 is 0 Å². The Morgan fingerprint density at radius 2 is 2.50 bits per heavy atom.